The first kappa shape index (κ1) is 6.72. The highest BCUT2D eigenvalue weighted by molar-refractivity contribution is 9.10. The van der Waals surface area contributed by atoms with E-state index in [4.69, 9.17) is 0 Å². The van der Waals surface area contributed by atoms with Crippen molar-refractivity contribution in [3.63, 3.8) is 0 Å². The highest BCUT2D eigenvalue weighted by atomic mass is 79.9. The second-order valence-corrected chi connectivity index (χ2v) is 3.07. The van der Waals surface area contributed by atoms with E-state index < -0.39 is 0 Å². The van der Waals surface area contributed by atoms with Crippen molar-refractivity contribution in [1.82, 2.24) is 20.0 Å². The third-order valence-corrected chi connectivity index (χ3v) is 2.37. The Balaban J connectivity index is 2.93. The number of rotatable bonds is 0. The van der Waals surface area contributed by atoms with Gasteiger partial charge in [-0.2, -0.15) is 4.52 Å². The molecule has 0 atom stereocenters. The maximum atomic E-state index is 3.80. The highest BCUT2D eigenvalue weighted by Gasteiger charge is 2.01. The Morgan fingerprint density at radius 1 is 1.45 bits per heavy atom. The molecule has 0 saturated heterocycles. The maximum absolute atomic E-state index is 3.80. The van der Waals surface area contributed by atoms with Gasteiger partial charge in [0.15, 0.2) is 5.65 Å². The summed E-state index contributed by atoms with van der Waals surface area (Å²) >= 11 is 3.38. The Hall–Kier alpha value is -0.970. The minimum Gasteiger partial charge on any atom is -0.197 e. The molecule has 0 aromatic carbocycles. The van der Waals surface area contributed by atoms with Gasteiger partial charge in [-0.1, -0.05) is 0 Å². The maximum Gasteiger partial charge on any atom is 0.179 e. The molecule has 0 fully saturated rings. The molecule has 2 aromatic heterocycles. The third-order valence-electron chi connectivity index (χ3n) is 1.54. The summed E-state index contributed by atoms with van der Waals surface area (Å²) in [7, 11) is 0. The van der Waals surface area contributed by atoms with Crippen LogP contribution >= 0.6 is 15.9 Å². The molecule has 0 bridgehead atoms. The lowest BCUT2D eigenvalue weighted by molar-refractivity contribution is 0.801. The van der Waals surface area contributed by atoms with E-state index in [1.54, 1.807) is 4.52 Å². The Morgan fingerprint density at radius 3 is 3.09 bits per heavy atom. The molecule has 56 valence electrons. The van der Waals surface area contributed by atoms with Crippen LogP contribution in [0.5, 0.6) is 0 Å². The van der Waals surface area contributed by atoms with E-state index in [9.17, 15) is 0 Å². The average Bonchev–Trinajstić information content (AvgIpc) is 2.45. The van der Waals surface area contributed by atoms with Crippen LogP contribution in [0.3, 0.4) is 0 Å². The SMILES string of the molecule is Cc1c(Br)ccc2nnnn12. The quantitative estimate of drug-likeness (QED) is 0.660. The fourth-order valence-corrected chi connectivity index (χ4v) is 1.21. The second kappa shape index (κ2) is 2.27. The number of aryl methyl sites for hydroxylation is 1. The van der Waals surface area contributed by atoms with Crippen molar-refractivity contribution >= 4 is 21.6 Å². The van der Waals surface area contributed by atoms with Crippen molar-refractivity contribution in [2.24, 2.45) is 0 Å². The minimum absolute atomic E-state index is 0.769. The van der Waals surface area contributed by atoms with Crippen molar-refractivity contribution in [2.75, 3.05) is 0 Å². The van der Waals surface area contributed by atoms with Crippen LogP contribution in [0.15, 0.2) is 16.6 Å². The first-order chi connectivity index (χ1) is 5.29. The summed E-state index contributed by atoms with van der Waals surface area (Å²) in [6.45, 7) is 1.95. The summed E-state index contributed by atoms with van der Waals surface area (Å²) in [4.78, 5) is 0. The zero-order valence-electron chi connectivity index (χ0n) is 5.82. The van der Waals surface area contributed by atoms with Gasteiger partial charge in [0.25, 0.3) is 0 Å². The molecule has 2 rings (SSSR count). The van der Waals surface area contributed by atoms with E-state index in [0.29, 0.717) is 0 Å². The smallest absolute Gasteiger partial charge is 0.179 e. The number of nitrogens with zero attached hydrogens (tertiary/aromatic N) is 4. The first-order valence-corrected chi connectivity index (χ1v) is 3.91. The molecule has 11 heavy (non-hydrogen) atoms. The van der Waals surface area contributed by atoms with Gasteiger partial charge < -0.3 is 0 Å². The molecular formula is C6H5BrN4. The van der Waals surface area contributed by atoms with E-state index >= 15 is 0 Å². The van der Waals surface area contributed by atoms with Gasteiger partial charge in [0.2, 0.25) is 0 Å². The number of hydrogen-bond acceptors (Lipinski definition) is 3. The lowest BCUT2D eigenvalue weighted by Gasteiger charge is -1.97. The van der Waals surface area contributed by atoms with Crippen LogP contribution in [0.2, 0.25) is 0 Å². The molecule has 2 heterocycles. The predicted octanol–water partition coefficient (Wildman–Crippen LogP) is 1.20. The normalized spacial score (nSPS) is 10.7. The molecular weight excluding hydrogens is 208 g/mol. The highest BCUT2D eigenvalue weighted by Crippen LogP contribution is 2.15. The lowest BCUT2D eigenvalue weighted by atomic mass is 10.4. The average molecular weight is 213 g/mol. The van der Waals surface area contributed by atoms with Gasteiger partial charge in [0, 0.05) is 4.47 Å². The predicted molar refractivity (Wildman–Crippen MR) is 43.2 cm³/mol. The molecule has 0 unspecified atom stereocenters. The van der Waals surface area contributed by atoms with E-state index in [1.807, 2.05) is 19.1 Å². The Bertz CT molecular complexity index is 394. The van der Waals surface area contributed by atoms with Crippen molar-refractivity contribution in [3.05, 3.63) is 22.3 Å². The van der Waals surface area contributed by atoms with Gasteiger partial charge in [-0.15, -0.1) is 5.10 Å². The number of halogens is 1. The van der Waals surface area contributed by atoms with Crippen LogP contribution in [-0.4, -0.2) is 20.0 Å². The minimum atomic E-state index is 0.769. The van der Waals surface area contributed by atoms with Gasteiger partial charge in [0.05, 0.1) is 5.69 Å². The van der Waals surface area contributed by atoms with Crippen LogP contribution < -0.4 is 0 Å². The molecule has 0 aliphatic carbocycles. The second-order valence-electron chi connectivity index (χ2n) is 2.22. The van der Waals surface area contributed by atoms with E-state index in [2.05, 4.69) is 31.5 Å². The number of fused-ring (bicyclic) bond motifs is 1. The largest absolute Gasteiger partial charge is 0.197 e. The van der Waals surface area contributed by atoms with Gasteiger partial charge in [-0.05, 0) is 45.4 Å². The summed E-state index contributed by atoms with van der Waals surface area (Å²) < 4.78 is 2.70. The molecule has 4 nitrogen and oxygen atoms in total. The lowest BCUT2D eigenvalue weighted by Crippen LogP contribution is -1.93. The van der Waals surface area contributed by atoms with Gasteiger partial charge >= 0.3 is 0 Å². The van der Waals surface area contributed by atoms with Crippen LogP contribution in [0.1, 0.15) is 5.69 Å². The molecule has 0 N–H and O–H groups in total. The standard InChI is InChI=1S/C6H5BrN4/c1-4-5(7)2-3-6-8-9-10-11(4)6/h2-3H,1H3. The summed E-state index contributed by atoms with van der Waals surface area (Å²) in [5.41, 5.74) is 1.78. The van der Waals surface area contributed by atoms with Crippen LogP contribution in [0, 0.1) is 6.92 Å². The van der Waals surface area contributed by atoms with E-state index in [-0.39, 0.29) is 0 Å². The summed E-state index contributed by atoms with van der Waals surface area (Å²) in [6, 6.07) is 3.79. The van der Waals surface area contributed by atoms with Crippen molar-refractivity contribution in [2.45, 2.75) is 6.92 Å². The molecule has 0 amide bonds. The fraction of sp³-hybridized carbons (Fsp3) is 0.167. The zero-order valence-corrected chi connectivity index (χ0v) is 7.41. The first-order valence-electron chi connectivity index (χ1n) is 3.12. The summed E-state index contributed by atoms with van der Waals surface area (Å²) in [5.74, 6) is 0. The monoisotopic (exact) mass is 212 g/mol. The fourth-order valence-electron chi connectivity index (χ4n) is 0.906. The molecule has 0 aliphatic rings. The molecule has 0 saturated carbocycles. The number of aromatic nitrogens is 4. The van der Waals surface area contributed by atoms with Gasteiger partial charge in [0.1, 0.15) is 0 Å². The van der Waals surface area contributed by atoms with Crippen molar-refractivity contribution in [1.29, 1.82) is 0 Å². The third kappa shape index (κ3) is 0.920. The zero-order chi connectivity index (χ0) is 7.84. The van der Waals surface area contributed by atoms with E-state index in [0.717, 1.165) is 15.8 Å². The number of pyridine rings is 1. The van der Waals surface area contributed by atoms with Crippen LogP contribution in [-0.2, 0) is 0 Å². The molecule has 0 radical (unpaired) electrons. The van der Waals surface area contributed by atoms with E-state index in [1.165, 1.54) is 0 Å². The van der Waals surface area contributed by atoms with Gasteiger partial charge in [-0.25, -0.2) is 0 Å². The van der Waals surface area contributed by atoms with Gasteiger partial charge in [-0.3, -0.25) is 0 Å². The van der Waals surface area contributed by atoms with Crippen molar-refractivity contribution < 1.29 is 0 Å². The molecule has 5 heteroatoms. The molecule has 0 spiro atoms. The van der Waals surface area contributed by atoms with Crippen LogP contribution in [0.4, 0.5) is 0 Å². The van der Waals surface area contributed by atoms with Crippen LogP contribution in [0.25, 0.3) is 5.65 Å². The Labute approximate surface area is 71.3 Å². The summed E-state index contributed by atoms with van der Waals surface area (Å²) in [6.07, 6.45) is 0. The number of tetrazole rings is 1. The molecule has 0 aliphatic heterocycles. The number of hydrogen-bond donors (Lipinski definition) is 0. The molecule has 2 aromatic rings. The Kier molecular flexibility index (Phi) is 1.38. The topological polar surface area (TPSA) is 43.1 Å². The van der Waals surface area contributed by atoms with Crippen molar-refractivity contribution in [3.8, 4) is 0 Å². The summed E-state index contributed by atoms with van der Waals surface area (Å²) in [5, 5.41) is 11.2. The Morgan fingerprint density at radius 2 is 2.27 bits per heavy atom.